The van der Waals surface area contributed by atoms with Crippen molar-refractivity contribution < 1.29 is 14.1 Å². The molecule has 0 spiro atoms. The van der Waals surface area contributed by atoms with E-state index in [2.05, 4.69) is 5.16 Å². The zero-order chi connectivity index (χ0) is 14.4. The molecular formula is C13H8Cl2N2O3. The van der Waals surface area contributed by atoms with Gasteiger partial charge in [-0.05, 0) is 19.1 Å². The van der Waals surface area contributed by atoms with Crippen molar-refractivity contribution in [3.8, 4) is 0 Å². The topological polar surface area (TPSA) is 63.4 Å². The van der Waals surface area contributed by atoms with Crippen molar-refractivity contribution in [2.75, 3.05) is 4.90 Å². The molecule has 0 saturated heterocycles. The van der Waals surface area contributed by atoms with E-state index in [-0.39, 0.29) is 17.1 Å². The van der Waals surface area contributed by atoms with E-state index in [0.29, 0.717) is 22.2 Å². The minimum absolute atomic E-state index is 0.0818. The Labute approximate surface area is 124 Å². The highest BCUT2D eigenvalue weighted by Gasteiger charge is 2.39. The number of halogens is 2. The van der Waals surface area contributed by atoms with Crippen molar-refractivity contribution in [1.82, 2.24) is 5.16 Å². The molecule has 1 aliphatic rings. The molecule has 0 atom stereocenters. The smallest absolute Gasteiger partial charge is 0.300 e. The second kappa shape index (κ2) is 4.61. The maximum atomic E-state index is 12.1. The number of fused-ring (bicyclic) bond motifs is 1. The summed E-state index contributed by atoms with van der Waals surface area (Å²) in [6, 6.07) is 4.73. The van der Waals surface area contributed by atoms with Gasteiger partial charge in [-0.15, -0.1) is 0 Å². The normalized spacial score (nSPS) is 14.1. The van der Waals surface area contributed by atoms with Crippen LogP contribution in [0.2, 0.25) is 10.0 Å². The Kier molecular flexibility index (Phi) is 3.03. The summed E-state index contributed by atoms with van der Waals surface area (Å²) in [5, 5.41) is 4.24. The third-order valence-corrected chi connectivity index (χ3v) is 3.62. The average molecular weight is 311 g/mol. The second-order valence-corrected chi connectivity index (χ2v) is 5.22. The summed E-state index contributed by atoms with van der Waals surface area (Å²) in [4.78, 5) is 25.3. The largest absolute Gasteiger partial charge is 0.359 e. The third kappa shape index (κ3) is 1.90. The molecule has 1 aromatic heterocycles. The van der Waals surface area contributed by atoms with Crippen molar-refractivity contribution >= 4 is 40.6 Å². The first-order valence-corrected chi connectivity index (χ1v) is 6.51. The fourth-order valence-corrected chi connectivity index (χ4v) is 2.65. The van der Waals surface area contributed by atoms with Crippen LogP contribution in [0.15, 0.2) is 22.7 Å². The van der Waals surface area contributed by atoms with Crippen LogP contribution in [-0.2, 0) is 11.3 Å². The molecular weight excluding hydrogens is 303 g/mol. The number of Topliss-reactive ketones (excluding diaryl/α,β-unsaturated/α-hetero) is 1. The molecule has 0 aliphatic carbocycles. The molecule has 1 aliphatic heterocycles. The van der Waals surface area contributed by atoms with Gasteiger partial charge < -0.3 is 4.52 Å². The van der Waals surface area contributed by atoms with Crippen molar-refractivity contribution in [2.45, 2.75) is 13.5 Å². The predicted molar refractivity (Wildman–Crippen MR) is 73.2 cm³/mol. The van der Waals surface area contributed by atoms with Crippen LogP contribution in [0.4, 0.5) is 5.69 Å². The highest BCUT2D eigenvalue weighted by Crippen LogP contribution is 2.40. The van der Waals surface area contributed by atoms with Gasteiger partial charge in [-0.1, -0.05) is 28.4 Å². The molecule has 0 unspecified atom stereocenters. The van der Waals surface area contributed by atoms with E-state index in [0.717, 1.165) is 0 Å². The number of hydrogen-bond acceptors (Lipinski definition) is 4. The first-order valence-electron chi connectivity index (χ1n) is 5.75. The lowest BCUT2D eigenvalue weighted by Crippen LogP contribution is -2.29. The van der Waals surface area contributed by atoms with Gasteiger partial charge in [0.05, 0.1) is 33.5 Å². The highest BCUT2D eigenvalue weighted by atomic mass is 35.5. The number of aromatic nitrogens is 1. The molecule has 0 N–H and O–H groups in total. The minimum atomic E-state index is -0.677. The van der Waals surface area contributed by atoms with Gasteiger partial charge in [0.25, 0.3) is 11.7 Å². The zero-order valence-electron chi connectivity index (χ0n) is 10.3. The maximum Gasteiger partial charge on any atom is 0.300 e. The molecule has 3 rings (SSSR count). The lowest BCUT2D eigenvalue weighted by molar-refractivity contribution is -0.114. The maximum absolute atomic E-state index is 12.1. The number of aryl methyl sites for hydroxylation is 1. The van der Waals surface area contributed by atoms with E-state index >= 15 is 0 Å². The minimum Gasteiger partial charge on any atom is -0.359 e. The van der Waals surface area contributed by atoms with Gasteiger partial charge in [-0.3, -0.25) is 14.5 Å². The number of hydrogen-bond donors (Lipinski definition) is 0. The first kappa shape index (κ1) is 13.1. The van der Waals surface area contributed by atoms with Crippen LogP contribution < -0.4 is 4.90 Å². The molecule has 1 amide bonds. The van der Waals surface area contributed by atoms with E-state index in [1.807, 2.05) is 0 Å². The van der Waals surface area contributed by atoms with Crippen LogP contribution in [-0.4, -0.2) is 16.8 Å². The Morgan fingerprint density at radius 2 is 1.95 bits per heavy atom. The van der Waals surface area contributed by atoms with Gasteiger partial charge in [0.2, 0.25) is 0 Å². The van der Waals surface area contributed by atoms with Crippen LogP contribution in [0.1, 0.15) is 21.8 Å². The van der Waals surface area contributed by atoms with E-state index < -0.39 is 11.7 Å². The van der Waals surface area contributed by atoms with Crippen LogP contribution in [0.25, 0.3) is 0 Å². The fourth-order valence-electron chi connectivity index (χ4n) is 2.15. The Hall–Kier alpha value is -1.85. The molecule has 2 heterocycles. The van der Waals surface area contributed by atoms with Crippen LogP contribution in [0.5, 0.6) is 0 Å². The van der Waals surface area contributed by atoms with Gasteiger partial charge >= 0.3 is 0 Å². The molecule has 0 fully saturated rings. The first-order chi connectivity index (χ1) is 9.49. The Balaban J connectivity index is 2.08. The van der Waals surface area contributed by atoms with Crippen molar-refractivity contribution in [2.24, 2.45) is 0 Å². The number of carbonyl (C=O) groups excluding carboxylic acids is 2. The van der Waals surface area contributed by atoms with Crippen molar-refractivity contribution in [3.05, 3.63) is 45.3 Å². The molecule has 102 valence electrons. The summed E-state index contributed by atoms with van der Waals surface area (Å²) >= 11 is 12.1. The van der Waals surface area contributed by atoms with Crippen LogP contribution >= 0.6 is 23.2 Å². The number of rotatable bonds is 2. The molecule has 20 heavy (non-hydrogen) atoms. The van der Waals surface area contributed by atoms with Crippen molar-refractivity contribution in [1.29, 1.82) is 0 Å². The Bertz CT molecular complexity index is 739. The number of anilines is 1. The summed E-state index contributed by atoms with van der Waals surface area (Å²) in [5.74, 6) is -0.875. The standard InChI is InChI=1S/C13H8Cl2N2O3/c1-6-4-7(20-16-6)5-17-11-9(15)3-2-8(14)10(11)12(18)13(17)19/h2-4H,5H2,1H3. The molecule has 2 aromatic rings. The zero-order valence-corrected chi connectivity index (χ0v) is 11.8. The lowest BCUT2D eigenvalue weighted by Gasteiger charge is -2.15. The SMILES string of the molecule is Cc1cc(CN2C(=O)C(=O)c3c(Cl)ccc(Cl)c32)on1. The monoisotopic (exact) mass is 310 g/mol. The third-order valence-electron chi connectivity index (χ3n) is 3.00. The Morgan fingerprint density at radius 3 is 2.60 bits per heavy atom. The Morgan fingerprint density at radius 1 is 1.25 bits per heavy atom. The molecule has 5 nitrogen and oxygen atoms in total. The van der Waals surface area contributed by atoms with Crippen LogP contribution in [0.3, 0.4) is 0 Å². The quantitative estimate of drug-likeness (QED) is 0.800. The second-order valence-electron chi connectivity index (χ2n) is 4.41. The highest BCUT2D eigenvalue weighted by molar-refractivity contribution is 6.56. The van der Waals surface area contributed by atoms with E-state index in [9.17, 15) is 9.59 Å². The number of benzene rings is 1. The number of nitrogens with zero attached hydrogens (tertiary/aromatic N) is 2. The van der Waals surface area contributed by atoms with Crippen molar-refractivity contribution in [3.63, 3.8) is 0 Å². The summed E-state index contributed by atoms with van der Waals surface area (Å²) in [6.07, 6.45) is 0. The molecule has 1 aromatic carbocycles. The van der Waals surface area contributed by atoms with E-state index in [1.54, 1.807) is 19.1 Å². The summed E-state index contributed by atoms with van der Waals surface area (Å²) in [7, 11) is 0. The van der Waals surface area contributed by atoms with Gasteiger partial charge in [0, 0.05) is 6.07 Å². The van der Waals surface area contributed by atoms with Gasteiger partial charge in [0.1, 0.15) is 0 Å². The average Bonchev–Trinajstić information content (AvgIpc) is 2.92. The fraction of sp³-hybridized carbons (Fsp3) is 0.154. The van der Waals surface area contributed by atoms with Gasteiger partial charge in [0.15, 0.2) is 5.76 Å². The molecule has 7 heteroatoms. The predicted octanol–water partition coefficient (Wildman–Crippen LogP) is 3.02. The number of amides is 1. The van der Waals surface area contributed by atoms with Crippen LogP contribution in [0, 0.1) is 6.92 Å². The number of ketones is 1. The lowest BCUT2D eigenvalue weighted by atomic mass is 10.1. The summed E-state index contributed by atoms with van der Waals surface area (Å²) in [5.41, 5.74) is 1.15. The molecule has 0 saturated carbocycles. The molecule has 0 radical (unpaired) electrons. The van der Waals surface area contributed by atoms with E-state index in [4.69, 9.17) is 27.7 Å². The summed E-state index contributed by atoms with van der Waals surface area (Å²) < 4.78 is 5.06. The van der Waals surface area contributed by atoms with Gasteiger partial charge in [-0.25, -0.2) is 0 Å². The number of carbonyl (C=O) groups is 2. The molecule has 0 bridgehead atoms. The summed E-state index contributed by atoms with van der Waals surface area (Å²) in [6.45, 7) is 1.85. The van der Waals surface area contributed by atoms with Gasteiger partial charge in [-0.2, -0.15) is 0 Å². The van der Waals surface area contributed by atoms with E-state index in [1.165, 1.54) is 11.0 Å².